The molecule has 0 aromatic rings. The molecule has 0 amide bonds. The zero-order valence-electron chi connectivity index (χ0n) is 8.81. The average Bonchev–Trinajstić information content (AvgIpc) is 2.59. The molecule has 2 atom stereocenters. The molecular weight excluding hydrogens is 210 g/mol. The Balaban J connectivity index is 1.85. The van der Waals surface area contributed by atoms with Crippen LogP contribution < -0.4 is 0 Å². The molecule has 0 saturated carbocycles. The van der Waals surface area contributed by atoms with Crippen molar-refractivity contribution in [3.63, 3.8) is 0 Å². The minimum atomic E-state index is -0.0739. The van der Waals surface area contributed by atoms with E-state index < -0.39 is 0 Å². The number of hydrogen-bond donors (Lipinski definition) is 0. The Bertz CT molecular complexity index is 312. The number of aliphatic imine (C=N–C) groups is 1. The highest BCUT2D eigenvalue weighted by molar-refractivity contribution is 8.04. The Kier molecular flexibility index (Phi) is 3.46. The van der Waals surface area contributed by atoms with Crippen LogP contribution in [0.4, 0.5) is 0 Å². The lowest BCUT2D eigenvalue weighted by atomic mass is 10.0. The summed E-state index contributed by atoms with van der Waals surface area (Å²) >= 11 is 1.82. The van der Waals surface area contributed by atoms with Crippen LogP contribution in [0, 0.1) is 5.92 Å². The van der Waals surface area contributed by atoms with Crippen LogP contribution in [0.3, 0.4) is 0 Å². The van der Waals surface area contributed by atoms with Gasteiger partial charge < -0.3 is 4.74 Å². The predicted molar refractivity (Wildman–Crippen MR) is 62.2 cm³/mol. The first-order valence-corrected chi connectivity index (χ1v) is 6.20. The number of dihydropyridines is 1. The highest BCUT2D eigenvalue weighted by Crippen LogP contribution is 2.44. The van der Waals surface area contributed by atoms with Gasteiger partial charge in [0.25, 0.3) is 0 Å². The highest BCUT2D eigenvalue weighted by atomic mass is 32.2. The SMILES string of the molecule is CCOC(=O)CC1CC2CN=CC=C2S1. The van der Waals surface area contributed by atoms with Crippen molar-refractivity contribution < 1.29 is 9.53 Å². The maximum absolute atomic E-state index is 11.3. The highest BCUT2D eigenvalue weighted by Gasteiger charge is 2.32. The Morgan fingerprint density at radius 1 is 1.73 bits per heavy atom. The normalized spacial score (nSPS) is 28.5. The Morgan fingerprint density at radius 2 is 2.60 bits per heavy atom. The number of rotatable bonds is 3. The summed E-state index contributed by atoms with van der Waals surface area (Å²) in [6.07, 6.45) is 5.54. The molecular formula is C11H15NO2S. The number of esters is 1. The first-order chi connectivity index (χ1) is 7.29. The summed E-state index contributed by atoms with van der Waals surface area (Å²) in [5, 5.41) is 0.391. The summed E-state index contributed by atoms with van der Waals surface area (Å²) in [4.78, 5) is 16.9. The molecule has 2 aliphatic heterocycles. The lowest BCUT2D eigenvalue weighted by Gasteiger charge is -2.09. The number of fused-ring (bicyclic) bond motifs is 1. The third-order valence-corrected chi connectivity index (χ3v) is 4.06. The fourth-order valence-corrected chi connectivity index (χ4v) is 3.39. The summed E-state index contributed by atoms with van der Waals surface area (Å²) in [5.74, 6) is 0.481. The van der Waals surface area contributed by atoms with Crippen molar-refractivity contribution in [1.82, 2.24) is 0 Å². The molecule has 4 heteroatoms. The van der Waals surface area contributed by atoms with E-state index in [0.717, 1.165) is 13.0 Å². The Morgan fingerprint density at radius 3 is 3.33 bits per heavy atom. The van der Waals surface area contributed by atoms with Gasteiger partial charge in [-0.2, -0.15) is 0 Å². The molecule has 0 aromatic carbocycles. The number of allylic oxidation sites excluding steroid dienone is 1. The molecule has 0 bridgehead atoms. The lowest BCUT2D eigenvalue weighted by Crippen LogP contribution is -2.12. The number of nitrogens with zero attached hydrogens (tertiary/aromatic N) is 1. The topological polar surface area (TPSA) is 38.7 Å². The zero-order valence-corrected chi connectivity index (χ0v) is 9.63. The van der Waals surface area contributed by atoms with Gasteiger partial charge in [0, 0.05) is 23.9 Å². The largest absolute Gasteiger partial charge is 0.466 e. The van der Waals surface area contributed by atoms with Crippen molar-refractivity contribution in [2.75, 3.05) is 13.2 Å². The van der Waals surface area contributed by atoms with Crippen molar-refractivity contribution in [3.8, 4) is 0 Å². The van der Waals surface area contributed by atoms with E-state index >= 15 is 0 Å². The van der Waals surface area contributed by atoms with E-state index in [1.807, 2.05) is 24.9 Å². The van der Waals surface area contributed by atoms with Gasteiger partial charge in [0.15, 0.2) is 0 Å². The fourth-order valence-electron chi connectivity index (χ4n) is 1.96. The minimum absolute atomic E-state index is 0.0739. The Hall–Kier alpha value is -0.770. The van der Waals surface area contributed by atoms with Crippen LogP contribution in [-0.4, -0.2) is 30.6 Å². The first-order valence-electron chi connectivity index (χ1n) is 5.32. The first kappa shape index (κ1) is 10.7. The van der Waals surface area contributed by atoms with Crippen molar-refractivity contribution >= 4 is 23.9 Å². The van der Waals surface area contributed by atoms with Gasteiger partial charge in [-0.25, -0.2) is 0 Å². The average molecular weight is 225 g/mol. The maximum atomic E-state index is 11.3. The summed E-state index contributed by atoms with van der Waals surface area (Å²) < 4.78 is 4.95. The minimum Gasteiger partial charge on any atom is -0.466 e. The van der Waals surface area contributed by atoms with E-state index in [-0.39, 0.29) is 5.97 Å². The molecule has 2 rings (SSSR count). The summed E-state index contributed by atoms with van der Waals surface area (Å²) in [7, 11) is 0. The smallest absolute Gasteiger partial charge is 0.306 e. The van der Waals surface area contributed by atoms with E-state index in [1.165, 1.54) is 4.91 Å². The third-order valence-electron chi connectivity index (χ3n) is 2.62. The molecule has 15 heavy (non-hydrogen) atoms. The number of thioether (sulfide) groups is 1. The van der Waals surface area contributed by atoms with Gasteiger partial charge in [-0.05, 0) is 24.3 Å². The molecule has 1 fully saturated rings. The molecule has 0 radical (unpaired) electrons. The van der Waals surface area contributed by atoms with E-state index in [9.17, 15) is 4.79 Å². The van der Waals surface area contributed by atoms with E-state index in [4.69, 9.17) is 4.74 Å². The van der Waals surface area contributed by atoms with Gasteiger partial charge >= 0.3 is 5.97 Å². The number of ether oxygens (including phenoxy) is 1. The van der Waals surface area contributed by atoms with Gasteiger partial charge in [0.2, 0.25) is 0 Å². The third kappa shape index (κ3) is 2.62. The van der Waals surface area contributed by atoms with Crippen LogP contribution in [-0.2, 0) is 9.53 Å². The number of carbonyl (C=O) groups is 1. The Labute approximate surface area is 94.0 Å². The lowest BCUT2D eigenvalue weighted by molar-refractivity contribution is -0.143. The molecule has 3 nitrogen and oxygen atoms in total. The molecule has 2 aliphatic rings. The van der Waals surface area contributed by atoms with Crippen LogP contribution in [0.1, 0.15) is 19.8 Å². The second-order valence-corrected chi connectivity index (χ2v) is 5.14. The van der Waals surface area contributed by atoms with Gasteiger partial charge in [-0.1, -0.05) is 0 Å². The van der Waals surface area contributed by atoms with Crippen LogP contribution in [0.25, 0.3) is 0 Å². The standard InChI is InChI=1S/C11H15NO2S/c1-2-14-11(13)6-9-5-8-7-12-4-3-10(8)15-9/h3-4,8-9H,2,5-7H2,1H3. The van der Waals surface area contributed by atoms with Crippen LogP contribution in [0.2, 0.25) is 0 Å². The van der Waals surface area contributed by atoms with Gasteiger partial charge in [0.05, 0.1) is 13.0 Å². The van der Waals surface area contributed by atoms with Crippen molar-refractivity contribution in [1.29, 1.82) is 0 Å². The summed E-state index contributed by atoms with van der Waals surface area (Å²) in [6, 6.07) is 0. The number of hydrogen-bond acceptors (Lipinski definition) is 4. The quantitative estimate of drug-likeness (QED) is 0.690. The second-order valence-electron chi connectivity index (χ2n) is 3.76. The van der Waals surface area contributed by atoms with Crippen molar-refractivity contribution in [3.05, 3.63) is 11.0 Å². The van der Waals surface area contributed by atoms with E-state index in [0.29, 0.717) is 24.2 Å². The van der Waals surface area contributed by atoms with Gasteiger partial charge in [0.1, 0.15) is 0 Å². The molecule has 0 spiro atoms. The molecule has 2 unspecified atom stereocenters. The van der Waals surface area contributed by atoms with Crippen LogP contribution in [0.5, 0.6) is 0 Å². The summed E-state index contributed by atoms with van der Waals surface area (Å²) in [5.41, 5.74) is 0. The van der Waals surface area contributed by atoms with Crippen molar-refractivity contribution in [2.45, 2.75) is 25.0 Å². The van der Waals surface area contributed by atoms with Gasteiger partial charge in [-0.15, -0.1) is 11.8 Å². The monoisotopic (exact) mass is 225 g/mol. The van der Waals surface area contributed by atoms with Crippen molar-refractivity contribution in [2.24, 2.45) is 10.9 Å². The summed E-state index contributed by atoms with van der Waals surface area (Å²) in [6.45, 7) is 3.21. The second kappa shape index (κ2) is 4.84. The van der Waals surface area contributed by atoms with E-state index in [2.05, 4.69) is 11.1 Å². The van der Waals surface area contributed by atoms with Crippen LogP contribution >= 0.6 is 11.8 Å². The zero-order chi connectivity index (χ0) is 10.7. The molecule has 0 N–H and O–H groups in total. The van der Waals surface area contributed by atoms with E-state index in [1.54, 1.807) is 0 Å². The molecule has 82 valence electrons. The predicted octanol–water partition coefficient (Wildman–Crippen LogP) is 2.03. The van der Waals surface area contributed by atoms with Gasteiger partial charge in [-0.3, -0.25) is 9.79 Å². The fraction of sp³-hybridized carbons (Fsp3) is 0.636. The maximum Gasteiger partial charge on any atom is 0.306 e. The van der Waals surface area contributed by atoms with Crippen LogP contribution in [0.15, 0.2) is 16.0 Å². The molecule has 0 aromatic heterocycles. The molecule has 0 aliphatic carbocycles. The molecule has 2 heterocycles. The number of carbonyl (C=O) groups excluding carboxylic acids is 1. The molecule has 1 saturated heterocycles.